The molecule has 0 saturated carbocycles. The average molecular weight is 302 g/mol. The van der Waals surface area contributed by atoms with Crippen molar-refractivity contribution in [2.24, 2.45) is 0 Å². The number of methoxy groups -OCH3 is 1. The molecule has 0 aliphatic rings. The van der Waals surface area contributed by atoms with Crippen molar-refractivity contribution in [1.82, 2.24) is 0 Å². The second-order valence-corrected chi connectivity index (χ2v) is 4.50. The van der Waals surface area contributed by atoms with Crippen LogP contribution in [0.15, 0.2) is 48.5 Å². The average Bonchev–Trinajstić information content (AvgIpc) is 2.52. The zero-order valence-corrected chi connectivity index (χ0v) is 12.0. The summed E-state index contributed by atoms with van der Waals surface area (Å²) in [5, 5.41) is 8.62. The molecule has 0 atom stereocenters. The minimum Gasteiger partial charge on any atom is -0.493 e. The van der Waals surface area contributed by atoms with Crippen LogP contribution in [0, 0.1) is 5.82 Å². The van der Waals surface area contributed by atoms with Crippen molar-refractivity contribution < 1.29 is 23.8 Å². The highest BCUT2D eigenvalue weighted by atomic mass is 19.1. The molecule has 0 aliphatic carbocycles. The maximum absolute atomic E-state index is 12.8. The second-order valence-electron chi connectivity index (χ2n) is 4.50. The summed E-state index contributed by atoms with van der Waals surface area (Å²) in [5.74, 6) is -0.291. The van der Waals surface area contributed by atoms with Gasteiger partial charge in [-0.2, -0.15) is 0 Å². The van der Waals surface area contributed by atoms with E-state index in [1.807, 2.05) is 0 Å². The van der Waals surface area contributed by atoms with E-state index in [9.17, 15) is 9.18 Å². The summed E-state index contributed by atoms with van der Waals surface area (Å²) >= 11 is 0. The molecule has 2 aromatic rings. The molecule has 114 valence electrons. The maximum atomic E-state index is 12.8. The molecule has 2 rings (SSSR count). The summed E-state index contributed by atoms with van der Waals surface area (Å²) in [6.45, 7) is 0.279. The third-order valence-electron chi connectivity index (χ3n) is 2.91. The van der Waals surface area contributed by atoms with E-state index < -0.39 is 5.97 Å². The Balaban J connectivity index is 2.10. The van der Waals surface area contributed by atoms with Gasteiger partial charge in [0, 0.05) is 6.08 Å². The summed E-state index contributed by atoms with van der Waals surface area (Å²) in [4.78, 5) is 10.5. The number of benzene rings is 2. The van der Waals surface area contributed by atoms with Crippen molar-refractivity contribution in [3.8, 4) is 11.5 Å². The Kier molecular flexibility index (Phi) is 5.14. The van der Waals surface area contributed by atoms with Crippen LogP contribution in [-0.4, -0.2) is 18.2 Å². The molecule has 0 saturated heterocycles. The zero-order chi connectivity index (χ0) is 15.9. The molecule has 2 aromatic carbocycles. The Bertz CT molecular complexity index is 678. The molecule has 0 amide bonds. The Morgan fingerprint density at radius 3 is 2.55 bits per heavy atom. The summed E-state index contributed by atoms with van der Waals surface area (Å²) in [6.07, 6.45) is 2.52. The van der Waals surface area contributed by atoms with E-state index in [-0.39, 0.29) is 12.4 Å². The van der Waals surface area contributed by atoms with Gasteiger partial charge < -0.3 is 14.6 Å². The Labute approximate surface area is 127 Å². The molecule has 5 heteroatoms. The van der Waals surface area contributed by atoms with Crippen molar-refractivity contribution in [2.75, 3.05) is 7.11 Å². The highest BCUT2D eigenvalue weighted by Crippen LogP contribution is 2.29. The lowest BCUT2D eigenvalue weighted by atomic mass is 10.2. The smallest absolute Gasteiger partial charge is 0.328 e. The van der Waals surface area contributed by atoms with Crippen molar-refractivity contribution in [3.63, 3.8) is 0 Å². The summed E-state index contributed by atoms with van der Waals surface area (Å²) in [5.41, 5.74) is 1.52. The van der Waals surface area contributed by atoms with Gasteiger partial charge in [-0.1, -0.05) is 18.2 Å². The summed E-state index contributed by atoms with van der Waals surface area (Å²) < 4.78 is 23.7. The number of carboxylic acid groups (broad SMARTS) is 1. The molecule has 0 bridgehead atoms. The highest BCUT2D eigenvalue weighted by molar-refractivity contribution is 5.85. The molecular weight excluding hydrogens is 287 g/mol. The monoisotopic (exact) mass is 302 g/mol. The van der Waals surface area contributed by atoms with Crippen molar-refractivity contribution in [1.29, 1.82) is 0 Å². The number of ether oxygens (including phenoxy) is 2. The Hall–Kier alpha value is -2.82. The van der Waals surface area contributed by atoms with E-state index in [1.54, 1.807) is 30.3 Å². The van der Waals surface area contributed by atoms with E-state index in [0.29, 0.717) is 17.1 Å². The van der Waals surface area contributed by atoms with Gasteiger partial charge in [0.05, 0.1) is 7.11 Å². The van der Waals surface area contributed by atoms with Crippen LogP contribution in [0.5, 0.6) is 11.5 Å². The number of hydrogen-bond acceptors (Lipinski definition) is 3. The van der Waals surface area contributed by atoms with Crippen LogP contribution >= 0.6 is 0 Å². The second kappa shape index (κ2) is 7.26. The molecule has 0 heterocycles. The lowest BCUT2D eigenvalue weighted by Crippen LogP contribution is -1.98. The number of halogens is 1. The third-order valence-corrected chi connectivity index (χ3v) is 2.91. The van der Waals surface area contributed by atoms with Crippen LogP contribution in [-0.2, 0) is 11.4 Å². The van der Waals surface area contributed by atoms with Gasteiger partial charge in [0.15, 0.2) is 11.5 Å². The first-order valence-electron chi connectivity index (χ1n) is 6.55. The van der Waals surface area contributed by atoms with Crippen LogP contribution in [0.3, 0.4) is 0 Å². The summed E-state index contributed by atoms with van der Waals surface area (Å²) in [6, 6.07) is 11.1. The Morgan fingerprint density at radius 1 is 1.18 bits per heavy atom. The van der Waals surface area contributed by atoms with Crippen molar-refractivity contribution in [3.05, 3.63) is 65.5 Å². The van der Waals surface area contributed by atoms with Crippen LogP contribution < -0.4 is 9.47 Å². The Morgan fingerprint density at radius 2 is 1.91 bits per heavy atom. The standard InChI is InChI=1S/C17H15FO4/c1-21-16-10-12(5-9-17(19)20)4-8-15(16)22-11-13-2-6-14(18)7-3-13/h2-10H,11H2,1H3,(H,19,20)/b9-5+. The van der Waals surface area contributed by atoms with Crippen LogP contribution in [0.25, 0.3) is 6.08 Å². The molecule has 0 spiro atoms. The van der Waals surface area contributed by atoms with Gasteiger partial charge in [0.2, 0.25) is 0 Å². The SMILES string of the molecule is COc1cc(/C=C/C(=O)O)ccc1OCc1ccc(F)cc1. The molecular formula is C17H15FO4. The van der Waals surface area contributed by atoms with Gasteiger partial charge in [0.1, 0.15) is 12.4 Å². The van der Waals surface area contributed by atoms with E-state index in [4.69, 9.17) is 14.6 Å². The van der Waals surface area contributed by atoms with E-state index in [1.165, 1.54) is 25.3 Å². The molecule has 4 nitrogen and oxygen atoms in total. The lowest BCUT2D eigenvalue weighted by molar-refractivity contribution is -0.131. The number of aliphatic carboxylic acids is 1. The number of carboxylic acids is 1. The molecule has 0 radical (unpaired) electrons. The van der Waals surface area contributed by atoms with Crippen LogP contribution in [0.1, 0.15) is 11.1 Å². The molecule has 22 heavy (non-hydrogen) atoms. The first kappa shape index (κ1) is 15.6. The van der Waals surface area contributed by atoms with Gasteiger partial charge in [0.25, 0.3) is 0 Å². The topological polar surface area (TPSA) is 55.8 Å². The van der Waals surface area contributed by atoms with E-state index in [2.05, 4.69) is 0 Å². The zero-order valence-electron chi connectivity index (χ0n) is 12.0. The molecule has 0 fully saturated rings. The summed E-state index contributed by atoms with van der Waals surface area (Å²) in [7, 11) is 1.50. The van der Waals surface area contributed by atoms with E-state index >= 15 is 0 Å². The number of carbonyl (C=O) groups is 1. The quantitative estimate of drug-likeness (QED) is 0.830. The molecule has 0 aromatic heterocycles. The fraction of sp³-hybridized carbons (Fsp3) is 0.118. The fourth-order valence-electron chi connectivity index (χ4n) is 1.82. The highest BCUT2D eigenvalue weighted by Gasteiger charge is 2.05. The van der Waals surface area contributed by atoms with Gasteiger partial charge in [-0.05, 0) is 41.5 Å². The van der Waals surface area contributed by atoms with Gasteiger partial charge in [-0.25, -0.2) is 9.18 Å². The van der Waals surface area contributed by atoms with Gasteiger partial charge >= 0.3 is 5.97 Å². The number of rotatable bonds is 6. The number of hydrogen-bond donors (Lipinski definition) is 1. The van der Waals surface area contributed by atoms with Crippen molar-refractivity contribution >= 4 is 12.0 Å². The normalized spacial score (nSPS) is 10.6. The maximum Gasteiger partial charge on any atom is 0.328 e. The predicted molar refractivity (Wildman–Crippen MR) is 80.4 cm³/mol. The van der Waals surface area contributed by atoms with Crippen LogP contribution in [0.2, 0.25) is 0 Å². The van der Waals surface area contributed by atoms with Crippen molar-refractivity contribution in [2.45, 2.75) is 6.61 Å². The van der Waals surface area contributed by atoms with E-state index in [0.717, 1.165) is 11.6 Å². The lowest BCUT2D eigenvalue weighted by Gasteiger charge is -2.11. The molecule has 1 N–H and O–H groups in total. The molecule has 0 aliphatic heterocycles. The minimum absolute atomic E-state index is 0.279. The predicted octanol–water partition coefficient (Wildman–Crippen LogP) is 3.51. The fourth-order valence-corrected chi connectivity index (χ4v) is 1.82. The van der Waals surface area contributed by atoms with Crippen LogP contribution in [0.4, 0.5) is 4.39 Å². The third kappa shape index (κ3) is 4.34. The molecule has 0 unspecified atom stereocenters. The largest absolute Gasteiger partial charge is 0.493 e. The van der Waals surface area contributed by atoms with Gasteiger partial charge in [-0.3, -0.25) is 0 Å². The first-order valence-corrected chi connectivity index (χ1v) is 6.55. The minimum atomic E-state index is -1.02. The van der Waals surface area contributed by atoms with Gasteiger partial charge in [-0.15, -0.1) is 0 Å². The first-order chi connectivity index (χ1) is 10.6.